The normalized spacial score (nSPS) is 12.6. The van der Waals surface area contributed by atoms with Crippen molar-refractivity contribution in [1.82, 2.24) is 5.32 Å². The number of nitrogens with one attached hydrogen (secondary N) is 1. The first-order valence-electron chi connectivity index (χ1n) is 5.84. The van der Waals surface area contributed by atoms with Gasteiger partial charge in [-0.3, -0.25) is 0 Å². The lowest BCUT2D eigenvalue weighted by Crippen LogP contribution is -2.20. The van der Waals surface area contributed by atoms with Crippen molar-refractivity contribution in [2.45, 2.75) is 19.6 Å². The minimum Gasteiger partial charge on any atom is -0.468 e. The second kappa shape index (κ2) is 6.05. The Morgan fingerprint density at radius 2 is 2.22 bits per heavy atom. The summed E-state index contributed by atoms with van der Waals surface area (Å²) >= 11 is 5.95. The molecule has 1 heterocycles. The zero-order valence-corrected chi connectivity index (χ0v) is 10.9. The van der Waals surface area contributed by atoms with Gasteiger partial charge in [-0.05, 0) is 36.2 Å². The van der Waals surface area contributed by atoms with E-state index in [1.807, 2.05) is 37.3 Å². The maximum Gasteiger partial charge on any atom is 0.117 e. The van der Waals surface area contributed by atoms with E-state index in [0.717, 1.165) is 21.9 Å². The molecule has 0 radical (unpaired) electrons. The predicted octanol–water partition coefficient (Wildman–Crippen LogP) is 3.06. The predicted molar refractivity (Wildman–Crippen MR) is 71.6 cm³/mol. The van der Waals surface area contributed by atoms with Gasteiger partial charge in [-0.15, -0.1) is 0 Å². The van der Waals surface area contributed by atoms with Gasteiger partial charge in [0, 0.05) is 11.6 Å². The number of aliphatic hydroxyl groups is 1. The molecule has 1 atom stereocenters. The smallest absolute Gasteiger partial charge is 0.117 e. The molecule has 3 nitrogen and oxygen atoms in total. The summed E-state index contributed by atoms with van der Waals surface area (Å²) in [6, 6.07) is 9.29. The minimum atomic E-state index is -0.545. The molecule has 2 rings (SSSR count). The average Bonchev–Trinajstić information content (AvgIpc) is 2.85. The summed E-state index contributed by atoms with van der Waals surface area (Å²) in [6.45, 7) is 3.01. The van der Waals surface area contributed by atoms with Crippen LogP contribution in [0.3, 0.4) is 0 Å². The Labute approximate surface area is 111 Å². The van der Waals surface area contributed by atoms with Crippen molar-refractivity contribution < 1.29 is 9.52 Å². The molecule has 2 N–H and O–H groups in total. The van der Waals surface area contributed by atoms with E-state index in [9.17, 15) is 5.11 Å². The standard InChI is InChI=1S/C14H16ClNO2/c1-10-7-11(4-5-13(10)15)14(17)9-16-8-12-3-2-6-18-12/h2-7,14,16-17H,8-9H2,1H3. The average molecular weight is 266 g/mol. The fourth-order valence-corrected chi connectivity index (χ4v) is 1.86. The third-order valence-electron chi connectivity index (χ3n) is 2.78. The lowest BCUT2D eigenvalue weighted by Gasteiger charge is -2.12. The van der Waals surface area contributed by atoms with Crippen molar-refractivity contribution in [3.05, 3.63) is 58.5 Å². The molecule has 4 heteroatoms. The highest BCUT2D eigenvalue weighted by Crippen LogP contribution is 2.20. The molecule has 0 bridgehead atoms. The molecule has 1 unspecified atom stereocenters. The van der Waals surface area contributed by atoms with Crippen LogP contribution in [-0.4, -0.2) is 11.7 Å². The highest BCUT2D eigenvalue weighted by molar-refractivity contribution is 6.31. The molecule has 0 fully saturated rings. The van der Waals surface area contributed by atoms with Crippen molar-refractivity contribution >= 4 is 11.6 Å². The lowest BCUT2D eigenvalue weighted by atomic mass is 10.1. The molecular weight excluding hydrogens is 250 g/mol. The largest absolute Gasteiger partial charge is 0.468 e. The zero-order chi connectivity index (χ0) is 13.0. The number of benzene rings is 1. The van der Waals surface area contributed by atoms with Gasteiger partial charge in [-0.2, -0.15) is 0 Å². The Morgan fingerprint density at radius 1 is 1.39 bits per heavy atom. The first-order valence-corrected chi connectivity index (χ1v) is 6.22. The number of hydrogen-bond donors (Lipinski definition) is 2. The molecular formula is C14H16ClNO2. The van der Waals surface area contributed by atoms with Crippen LogP contribution in [0.5, 0.6) is 0 Å². The summed E-state index contributed by atoms with van der Waals surface area (Å²) in [6.07, 6.45) is 1.09. The lowest BCUT2D eigenvalue weighted by molar-refractivity contribution is 0.173. The molecule has 0 saturated carbocycles. The Bertz CT molecular complexity index is 497. The van der Waals surface area contributed by atoms with Gasteiger partial charge in [0.05, 0.1) is 18.9 Å². The second-order valence-electron chi connectivity index (χ2n) is 4.23. The van der Waals surface area contributed by atoms with Crippen molar-refractivity contribution in [3.63, 3.8) is 0 Å². The number of aliphatic hydroxyl groups excluding tert-OH is 1. The summed E-state index contributed by atoms with van der Waals surface area (Å²) < 4.78 is 5.19. The second-order valence-corrected chi connectivity index (χ2v) is 4.64. The Hall–Kier alpha value is -1.29. The summed E-state index contributed by atoms with van der Waals surface area (Å²) in [5, 5.41) is 13.9. The summed E-state index contributed by atoms with van der Waals surface area (Å²) in [5.74, 6) is 0.856. The molecule has 2 aromatic rings. The highest BCUT2D eigenvalue weighted by atomic mass is 35.5. The third-order valence-corrected chi connectivity index (χ3v) is 3.21. The Balaban J connectivity index is 1.87. The van der Waals surface area contributed by atoms with Gasteiger partial charge in [0.15, 0.2) is 0 Å². The van der Waals surface area contributed by atoms with Crippen LogP contribution in [0.4, 0.5) is 0 Å². The van der Waals surface area contributed by atoms with Gasteiger partial charge in [0.25, 0.3) is 0 Å². The van der Waals surface area contributed by atoms with Crippen molar-refractivity contribution in [3.8, 4) is 0 Å². The van der Waals surface area contributed by atoms with E-state index in [2.05, 4.69) is 5.32 Å². The van der Waals surface area contributed by atoms with Gasteiger partial charge in [0.2, 0.25) is 0 Å². The monoisotopic (exact) mass is 265 g/mol. The van der Waals surface area contributed by atoms with E-state index in [0.29, 0.717) is 13.1 Å². The van der Waals surface area contributed by atoms with Crippen LogP contribution in [0, 0.1) is 6.92 Å². The van der Waals surface area contributed by atoms with Crippen LogP contribution in [0.2, 0.25) is 5.02 Å². The number of halogens is 1. The van der Waals surface area contributed by atoms with E-state index < -0.39 is 6.10 Å². The molecule has 0 saturated heterocycles. The molecule has 96 valence electrons. The van der Waals surface area contributed by atoms with Crippen LogP contribution < -0.4 is 5.32 Å². The molecule has 0 spiro atoms. The molecule has 0 aliphatic carbocycles. The maximum atomic E-state index is 10.0. The Kier molecular flexibility index (Phi) is 4.42. The van der Waals surface area contributed by atoms with E-state index in [1.54, 1.807) is 6.26 Å². The number of hydrogen-bond acceptors (Lipinski definition) is 3. The van der Waals surface area contributed by atoms with Gasteiger partial charge in [-0.25, -0.2) is 0 Å². The number of aryl methyl sites for hydroxylation is 1. The van der Waals surface area contributed by atoms with E-state index in [4.69, 9.17) is 16.0 Å². The maximum absolute atomic E-state index is 10.0. The molecule has 1 aromatic heterocycles. The van der Waals surface area contributed by atoms with Crippen LogP contribution in [-0.2, 0) is 6.54 Å². The minimum absolute atomic E-state index is 0.474. The number of rotatable bonds is 5. The van der Waals surface area contributed by atoms with Crippen molar-refractivity contribution in [2.24, 2.45) is 0 Å². The topological polar surface area (TPSA) is 45.4 Å². The first kappa shape index (κ1) is 13.1. The van der Waals surface area contributed by atoms with Gasteiger partial charge in [0.1, 0.15) is 5.76 Å². The van der Waals surface area contributed by atoms with Gasteiger partial charge < -0.3 is 14.8 Å². The summed E-state index contributed by atoms with van der Waals surface area (Å²) in [4.78, 5) is 0. The van der Waals surface area contributed by atoms with E-state index in [1.165, 1.54) is 0 Å². The molecule has 0 aliphatic heterocycles. The van der Waals surface area contributed by atoms with Gasteiger partial charge >= 0.3 is 0 Å². The Morgan fingerprint density at radius 3 is 2.89 bits per heavy atom. The van der Waals surface area contributed by atoms with E-state index >= 15 is 0 Å². The summed E-state index contributed by atoms with van der Waals surface area (Å²) in [7, 11) is 0. The fourth-order valence-electron chi connectivity index (χ4n) is 1.74. The highest BCUT2D eigenvalue weighted by Gasteiger charge is 2.08. The zero-order valence-electron chi connectivity index (χ0n) is 10.2. The quantitative estimate of drug-likeness (QED) is 0.873. The fraction of sp³-hybridized carbons (Fsp3) is 0.286. The molecule has 18 heavy (non-hydrogen) atoms. The first-order chi connectivity index (χ1) is 8.66. The third kappa shape index (κ3) is 3.35. The number of furan rings is 1. The van der Waals surface area contributed by atoms with Crippen LogP contribution in [0.1, 0.15) is 23.0 Å². The van der Waals surface area contributed by atoms with E-state index in [-0.39, 0.29) is 0 Å². The summed E-state index contributed by atoms with van der Waals surface area (Å²) in [5.41, 5.74) is 1.84. The van der Waals surface area contributed by atoms with Crippen molar-refractivity contribution in [1.29, 1.82) is 0 Å². The van der Waals surface area contributed by atoms with Crippen LogP contribution in [0.25, 0.3) is 0 Å². The SMILES string of the molecule is Cc1cc(C(O)CNCc2ccco2)ccc1Cl. The molecule has 0 aliphatic rings. The van der Waals surface area contributed by atoms with Gasteiger partial charge in [-0.1, -0.05) is 23.7 Å². The van der Waals surface area contributed by atoms with Crippen molar-refractivity contribution in [2.75, 3.05) is 6.54 Å². The molecule has 0 amide bonds. The molecule has 1 aromatic carbocycles. The van der Waals surface area contributed by atoms with Crippen LogP contribution >= 0.6 is 11.6 Å². The van der Waals surface area contributed by atoms with Crippen LogP contribution in [0.15, 0.2) is 41.0 Å².